The molecule has 1 aromatic heterocycles. The van der Waals surface area contributed by atoms with Crippen LogP contribution in [0.4, 0.5) is 0 Å². The van der Waals surface area contributed by atoms with Crippen molar-refractivity contribution < 1.29 is 19.4 Å². The Hall–Kier alpha value is -1.72. The number of aromatic nitrogens is 1. The molecule has 1 unspecified atom stereocenters. The molecule has 0 saturated carbocycles. The van der Waals surface area contributed by atoms with Crippen molar-refractivity contribution in [1.82, 2.24) is 4.98 Å². The van der Waals surface area contributed by atoms with Gasteiger partial charge in [-0.3, -0.25) is 9.59 Å². The largest absolute Gasteiger partial charge is 0.481 e. The summed E-state index contributed by atoms with van der Waals surface area (Å²) >= 11 is 12.3. The summed E-state index contributed by atoms with van der Waals surface area (Å²) in [5, 5.41) is 10.9. The Labute approximate surface area is 143 Å². The van der Waals surface area contributed by atoms with E-state index in [1.54, 1.807) is 26.0 Å². The van der Waals surface area contributed by atoms with Crippen molar-refractivity contribution in [3.63, 3.8) is 0 Å². The molecule has 0 spiro atoms. The Morgan fingerprint density at radius 2 is 2.04 bits per heavy atom. The van der Waals surface area contributed by atoms with Crippen molar-refractivity contribution in [2.24, 2.45) is 0 Å². The van der Waals surface area contributed by atoms with Crippen LogP contribution in [0, 0.1) is 0 Å². The molecule has 5 nitrogen and oxygen atoms in total. The number of halogens is 2. The number of carboxylic acid groups (broad SMARTS) is 1. The van der Waals surface area contributed by atoms with E-state index in [4.69, 9.17) is 27.9 Å². The minimum absolute atomic E-state index is 0.152. The zero-order valence-corrected chi connectivity index (χ0v) is 14.3. The highest BCUT2D eigenvalue weighted by Crippen LogP contribution is 2.35. The van der Waals surface area contributed by atoms with Crippen LogP contribution in [-0.2, 0) is 20.7 Å². The van der Waals surface area contributed by atoms with Crippen LogP contribution in [0.15, 0.2) is 12.1 Å². The van der Waals surface area contributed by atoms with Gasteiger partial charge >= 0.3 is 11.9 Å². The fourth-order valence-electron chi connectivity index (χ4n) is 2.55. The van der Waals surface area contributed by atoms with E-state index in [2.05, 4.69) is 4.98 Å². The lowest BCUT2D eigenvalue weighted by molar-refractivity contribution is -0.143. The summed E-state index contributed by atoms with van der Waals surface area (Å²) in [7, 11) is 0. The molecule has 0 aliphatic rings. The summed E-state index contributed by atoms with van der Waals surface area (Å²) < 4.78 is 4.93. The third-order valence-electron chi connectivity index (χ3n) is 3.64. The van der Waals surface area contributed by atoms with Crippen LogP contribution in [0.5, 0.6) is 0 Å². The van der Waals surface area contributed by atoms with Gasteiger partial charge in [-0.15, -0.1) is 0 Å². The van der Waals surface area contributed by atoms with E-state index < -0.39 is 11.9 Å². The van der Waals surface area contributed by atoms with Gasteiger partial charge in [0.05, 0.1) is 17.5 Å². The topological polar surface area (TPSA) is 79.4 Å². The van der Waals surface area contributed by atoms with Gasteiger partial charge in [-0.25, -0.2) is 0 Å². The number of carbonyl (C=O) groups is 2. The van der Waals surface area contributed by atoms with E-state index in [9.17, 15) is 14.7 Å². The third kappa shape index (κ3) is 3.79. The van der Waals surface area contributed by atoms with Crippen LogP contribution >= 0.6 is 23.2 Å². The molecular formula is C16H17Cl2NO4. The first-order chi connectivity index (χ1) is 10.8. The van der Waals surface area contributed by atoms with Crippen molar-refractivity contribution in [1.29, 1.82) is 0 Å². The number of hydrogen-bond donors (Lipinski definition) is 2. The van der Waals surface area contributed by atoms with Gasteiger partial charge in [-0.1, -0.05) is 23.2 Å². The zero-order valence-electron chi connectivity index (χ0n) is 12.8. The van der Waals surface area contributed by atoms with Gasteiger partial charge in [0.25, 0.3) is 0 Å². The number of ether oxygens (including phenoxy) is 1. The number of aromatic amines is 1. The average Bonchev–Trinajstić information content (AvgIpc) is 2.82. The van der Waals surface area contributed by atoms with Gasteiger partial charge in [0.15, 0.2) is 0 Å². The predicted molar refractivity (Wildman–Crippen MR) is 89.3 cm³/mol. The van der Waals surface area contributed by atoms with Crippen LogP contribution in [0.1, 0.15) is 37.4 Å². The fraction of sp³-hybridized carbons (Fsp3) is 0.375. The zero-order chi connectivity index (χ0) is 17.1. The lowest BCUT2D eigenvalue weighted by Gasteiger charge is -2.09. The van der Waals surface area contributed by atoms with Gasteiger partial charge in [0.1, 0.15) is 0 Å². The number of H-pyrrole nitrogens is 1. The van der Waals surface area contributed by atoms with Gasteiger partial charge in [0.2, 0.25) is 0 Å². The molecule has 124 valence electrons. The second-order valence-corrected chi connectivity index (χ2v) is 6.04. The number of benzene rings is 1. The van der Waals surface area contributed by atoms with Crippen molar-refractivity contribution in [2.45, 2.75) is 32.6 Å². The van der Waals surface area contributed by atoms with Gasteiger partial charge in [0, 0.05) is 28.0 Å². The summed E-state index contributed by atoms with van der Waals surface area (Å²) in [6, 6.07) is 3.29. The first-order valence-electron chi connectivity index (χ1n) is 7.23. The van der Waals surface area contributed by atoms with E-state index >= 15 is 0 Å². The van der Waals surface area contributed by atoms with Crippen LogP contribution in [0.2, 0.25) is 10.0 Å². The molecule has 0 amide bonds. The molecule has 1 atom stereocenters. The molecule has 0 fully saturated rings. The van der Waals surface area contributed by atoms with Crippen molar-refractivity contribution in [3.05, 3.63) is 33.4 Å². The quantitative estimate of drug-likeness (QED) is 0.760. The summed E-state index contributed by atoms with van der Waals surface area (Å²) in [5.41, 5.74) is 1.90. The van der Waals surface area contributed by atoms with E-state index in [0.29, 0.717) is 45.2 Å². The Bertz CT molecular complexity index is 754. The molecule has 0 saturated heterocycles. The van der Waals surface area contributed by atoms with E-state index in [1.807, 2.05) is 0 Å². The monoisotopic (exact) mass is 357 g/mol. The molecule has 0 bridgehead atoms. The number of nitrogens with one attached hydrogen (secondary N) is 1. The minimum Gasteiger partial charge on any atom is -0.481 e. The highest BCUT2D eigenvalue weighted by atomic mass is 35.5. The van der Waals surface area contributed by atoms with E-state index in [1.165, 1.54) is 0 Å². The highest BCUT2D eigenvalue weighted by molar-refractivity contribution is 6.38. The van der Waals surface area contributed by atoms with Crippen molar-refractivity contribution >= 4 is 46.0 Å². The molecule has 23 heavy (non-hydrogen) atoms. The number of rotatable bonds is 6. The van der Waals surface area contributed by atoms with Gasteiger partial charge in [-0.05, 0) is 38.0 Å². The summed E-state index contributed by atoms with van der Waals surface area (Å²) in [4.78, 5) is 26.1. The van der Waals surface area contributed by atoms with E-state index in [-0.39, 0.29) is 12.4 Å². The predicted octanol–water partition coefficient (Wildman–Crippen LogP) is 4.16. The fourth-order valence-corrected chi connectivity index (χ4v) is 3.15. The van der Waals surface area contributed by atoms with Crippen LogP contribution in [-0.4, -0.2) is 28.6 Å². The number of fused-ring (bicyclic) bond motifs is 1. The number of esters is 1. The molecule has 0 radical (unpaired) electrons. The maximum Gasteiger partial charge on any atom is 0.312 e. The van der Waals surface area contributed by atoms with Crippen molar-refractivity contribution in [2.75, 3.05) is 6.61 Å². The third-order valence-corrected chi connectivity index (χ3v) is 4.16. The van der Waals surface area contributed by atoms with Crippen LogP contribution in [0.3, 0.4) is 0 Å². The summed E-state index contributed by atoms with van der Waals surface area (Å²) in [6.07, 6.45) is 0.492. The molecule has 2 aromatic rings. The summed E-state index contributed by atoms with van der Waals surface area (Å²) in [6.45, 7) is 3.62. The van der Waals surface area contributed by atoms with Crippen molar-refractivity contribution in [3.8, 4) is 0 Å². The first kappa shape index (κ1) is 17.6. The van der Waals surface area contributed by atoms with Gasteiger partial charge < -0.3 is 14.8 Å². The second-order valence-electron chi connectivity index (χ2n) is 5.19. The Kier molecular flexibility index (Phi) is 5.55. The lowest BCUT2D eigenvalue weighted by atomic mass is 9.98. The Morgan fingerprint density at radius 1 is 1.35 bits per heavy atom. The Balaban J connectivity index is 2.51. The number of carbonyl (C=O) groups excluding carboxylic acids is 1. The molecule has 1 heterocycles. The Morgan fingerprint density at radius 3 is 2.65 bits per heavy atom. The summed E-state index contributed by atoms with van der Waals surface area (Å²) in [5.74, 6) is -2.05. The lowest BCUT2D eigenvalue weighted by Crippen LogP contribution is -2.11. The van der Waals surface area contributed by atoms with Crippen LogP contribution in [0.25, 0.3) is 10.9 Å². The SMILES string of the molecule is CCOC(=O)CCc1c(C(C)C(=O)O)[nH]c2cc(Cl)cc(Cl)c12. The smallest absolute Gasteiger partial charge is 0.312 e. The molecular weight excluding hydrogens is 341 g/mol. The second kappa shape index (κ2) is 7.23. The average molecular weight is 358 g/mol. The van der Waals surface area contributed by atoms with E-state index in [0.717, 1.165) is 0 Å². The first-order valence-corrected chi connectivity index (χ1v) is 7.98. The maximum atomic E-state index is 11.6. The molecule has 1 aromatic carbocycles. The maximum absolute atomic E-state index is 11.6. The minimum atomic E-state index is -0.962. The standard InChI is InChI=1S/C16H17Cl2NO4/c1-3-23-13(20)5-4-10-14-11(18)6-9(17)7-12(14)19-15(10)8(2)16(21)22/h6-8,19H,3-5H2,1-2H3,(H,21,22). The highest BCUT2D eigenvalue weighted by Gasteiger charge is 2.24. The molecule has 0 aliphatic carbocycles. The van der Waals surface area contributed by atoms with Crippen LogP contribution < -0.4 is 0 Å². The number of aliphatic carboxylic acids is 1. The normalized spacial score (nSPS) is 12.3. The number of hydrogen-bond acceptors (Lipinski definition) is 3. The molecule has 7 heteroatoms. The van der Waals surface area contributed by atoms with Gasteiger partial charge in [-0.2, -0.15) is 0 Å². The molecule has 0 aliphatic heterocycles. The number of aryl methyl sites for hydroxylation is 1. The number of carboxylic acids is 1. The molecule has 2 rings (SSSR count). The molecule has 2 N–H and O–H groups in total.